The predicted octanol–water partition coefficient (Wildman–Crippen LogP) is 5.75. The van der Waals surface area contributed by atoms with Crippen molar-refractivity contribution in [2.45, 2.75) is 41.2 Å². The Morgan fingerprint density at radius 3 is 2.28 bits per heavy atom. The van der Waals surface area contributed by atoms with Crippen molar-refractivity contribution in [1.82, 2.24) is 9.99 Å². The van der Waals surface area contributed by atoms with Crippen LogP contribution >= 0.6 is 0 Å². The molecule has 202 valence electrons. The largest absolute Gasteiger partial charge is 0.318 e. The molecule has 0 unspecified atom stereocenters. The van der Waals surface area contributed by atoms with E-state index < -0.39 is 10.0 Å². The number of sulfonamides is 1. The van der Waals surface area contributed by atoms with Crippen LogP contribution in [0.2, 0.25) is 0 Å². The third-order valence-electron chi connectivity index (χ3n) is 6.84. The summed E-state index contributed by atoms with van der Waals surface area (Å²) in [6.45, 7) is 10.4. The fraction of sp³-hybridized carbons (Fsp3) is 0.226. The van der Waals surface area contributed by atoms with E-state index in [2.05, 4.69) is 47.1 Å². The summed E-state index contributed by atoms with van der Waals surface area (Å²) >= 11 is 0. The SMILES string of the molecule is Cc1ccc(C)c(-n2c(C)cc(/C=N\NC(=O)c3ccc(N(Cc4ccccc4C)S(C)(=O)=O)cc3)c2C)c1. The molecule has 0 radical (unpaired) electrons. The van der Waals surface area contributed by atoms with E-state index in [1.54, 1.807) is 30.5 Å². The van der Waals surface area contributed by atoms with E-state index >= 15 is 0 Å². The smallest absolute Gasteiger partial charge is 0.271 e. The van der Waals surface area contributed by atoms with Crippen LogP contribution in [0.5, 0.6) is 0 Å². The van der Waals surface area contributed by atoms with Gasteiger partial charge in [-0.2, -0.15) is 5.10 Å². The third kappa shape index (κ3) is 6.29. The maximum absolute atomic E-state index is 12.7. The molecule has 39 heavy (non-hydrogen) atoms. The molecule has 3 aromatic carbocycles. The Morgan fingerprint density at radius 1 is 0.923 bits per heavy atom. The molecule has 4 aromatic rings. The summed E-state index contributed by atoms with van der Waals surface area (Å²) in [5.74, 6) is -0.383. The molecule has 1 aromatic heterocycles. The van der Waals surface area contributed by atoms with Gasteiger partial charge in [0.2, 0.25) is 10.0 Å². The number of hydrogen-bond donors (Lipinski definition) is 1. The highest BCUT2D eigenvalue weighted by atomic mass is 32.2. The molecule has 0 spiro atoms. The van der Waals surface area contributed by atoms with Crippen LogP contribution in [0.1, 0.15) is 49.6 Å². The van der Waals surface area contributed by atoms with E-state index in [1.807, 2.05) is 51.1 Å². The van der Waals surface area contributed by atoms with E-state index in [4.69, 9.17) is 0 Å². The Labute approximate surface area is 230 Å². The van der Waals surface area contributed by atoms with E-state index in [0.717, 1.165) is 33.8 Å². The number of benzene rings is 3. The molecule has 8 heteroatoms. The van der Waals surface area contributed by atoms with Crippen molar-refractivity contribution in [3.63, 3.8) is 0 Å². The number of anilines is 1. The van der Waals surface area contributed by atoms with Gasteiger partial charge in [0.25, 0.3) is 5.91 Å². The predicted molar refractivity (Wildman–Crippen MR) is 158 cm³/mol. The third-order valence-corrected chi connectivity index (χ3v) is 7.98. The number of hydrogen-bond acceptors (Lipinski definition) is 4. The lowest BCUT2D eigenvalue weighted by Crippen LogP contribution is -2.29. The van der Waals surface area contributed by atoms with Crippen LogP contribution in [0.25, 0.3) is 5.69 Å². The molecular weight excluding hydrogens is 508 g/mol. The van der Waals surface area contributed by atoms with Gasteiger partial charge >= 0.3 is 0 Å². The molecule has 1 N–H and O–H groups in total. The van der Waals surface area contributed by atoms with Gasteiger partial charge in [-0.25, -0.2) is 13.8 Å². The Balaban J connectivity index is 1.49. The molecule has 0 aliphatic rings. The average Bonchev–Trinajstić information content (AvgIpc) is 3.16. The maximum Gasteiger partial charge on any atom is 0.271 e. The second-order valence-electron chi connectivity index (χ2n) is 9.89. The van der Waals surface area contributed by atoms with Crippen molar-refractivity contribution in [2.24, 2.45) is 5.10 Å². The highest BCUT2D eigenvalue weighted by Crippen LogP contribution is 2.24. The van der Waals surface area contributed by atoms with Gasteiger partial charge < -0.3 is 4.57 Å². The van der Waals surface area contributed by atoms with Gasteiger partial charge in [-0.3, -0.25) is 9.10 Å². The molecule has 0 saturated heterocycles. The number of amides is 1. The Bertz CT molecular complexity index is 1650. The molecule has 0 aliphatic carbocycles. The number of nitrogens with one attached hydrogen (secondary N) is 1. The zero-order chi connectivity index (χ0) is 28.3. The molecule has 7 nitrogen and oxygen atoms in total. The van der Waals surface area contributed by atoms with Gasteiger partial charge in [0, 0.05) is 28.2 Å². The van der Waals surface area contributed by atoms with Gasteiger partial charge in [-0.1, -0.05) is 36.4 Å². The summed E-state index contributed by atoms with van der Waals surface area (Å²) in [5.41, 5.74) is 11.9. The number of hydrazone groups is 1. The van der Waals surface area contributed by atoms with Gasteiger partial charge in [-0.05, 0) is 93.3 Å². The number of carbonyl (C=O) groups excluding carboxylic acids is 1. The number of rotatable bonds is 8. The molecule has 0 bridgehead atoms. The normalized spacial score (nSPS) is 11.6. The van der Waals surface area contributed by atoms with E-state index in [-0.39, 0.29) is 12.5 Å². The summed E-state index contributed by atoms with van der Waals surface area (Å²) in [7, 11) is -3.53. The summed E-state index contributed by atoms with van der Waals surface area (Å²) in [4.78, 5) is 12.7. The van der Waals surface area contributed by atoms with Gasteiger partial charge in [0.05, 0.1) is 24.7 Å². The van der Waals surface area contributed by atoms with Gasteiger partial charge in [0.15, 0.2) is 0 Å². The molecule has 4 rings (SSSR count). The number of nitrogens with zero attached hydrogens (tertiary/aromatic N) is 3. The molecular formula is C31H34N4O3S. The molecule has 0 atom stereocenters. The number of carbonyl (C=O) groups is 1. The molecule has 1 heterocycles. The van der Waals surface area contributed by atoms with Crippen LogP contribution < -0.4 is 9.73 Å². The average molecular weight is 543 g/mol. The van der Waals surface area contributed by atoms with Crippen LogP contribution in [0, 0.1) is 34.6 Å². The lowest BCUT2D eigenvalue weighted by molar-refractivity contribution is 0.0955. The van der Waals surface area contributed by atoms with Gasteiger partial charge in [-0.15, -0.1) is 0 Å². The minimum Gasteiger partial charge on any atom is -0.318 e. The quantitative estimate of drug-likeness (QED) is 0.227. The van der Waals surface area contributed by atoms with Crippen molar-refractivity contribution in [2.75, 3.05) is 10.6 Å². The second kappa shape index (κ2) is 11.3. The zero-order valence-electron chi connectivity index (χ0n) is 23.2. The topological polar surface area (TPSA) is 83.8 Å². The number of aryl methyl sites for hydroxylation is 4. The first-order valence-electron chi connectivity index (χ1n) is 12.7. The van der Waals surface area contributed by atoms with Crippen LogP contribution in [-0.2, 0) is 16.6 Å². The fourth-order valence-electron chi connectivity index (χ4n) is 4.60. The Morgan fingerprint density at radius 2 is 1.62 bits per heavy atom. The first kappa shape index (κ1) is 27.9. The summed E-state index contributed by atoms with van der Waals surface area (Å²) in [6.07, 6.45) is 2.82. The van der Waals surface area contributed by atoms with Crippen LogP contribution in [0.3, 0.4) is 0 Å². The van der Waals surface area contributed by atoms with Crippen molar-refractivity contribution in [1.29, 1.82) is 0 Å². The minimum absolute atomic E-state index is 0.210. The molecule has 0 fully saturated rings. The van der Waals surface area contributed by atoms with Crippen molar-refractivity contribution in [3.8, 4) is 5.69 Å². The fourth-order valence-corrected chi connectivity index (χ4v) is 5.47. The number of aromatic nitrogens is 1. The monoisotopic (exact) mass is 542 g/mol. The van der Waals surface area contributed by atoms with Crippen molar-refractivity contribution in [3.05, 3.63) is 118 Å². The van der Waals surface area contributed by atoms with E-state index in [1.165, 1.54) is 21.7 Å². The summed E-state index contributed by atoms with van der Waals surface area (Å²) in [6, 6.07) is 22.5. The first-order chi connectivity index (χ1) is 18.5. The Kier molecular flexibility index (Phi) is 8.06. The molecule has 1 amide bonds. The Hall–Kier alpha value is -4.17. The second-order valence-corrected chi connectivity index (χ2v) is 11.8. The highest BCUT2D eigenvalue weighted by Gasteiger charge is 2.19. The first-order valence-corrected chi connectivity index (χ1v) is 14.5. The maximum atomic E-state index is 12.7. The minimum atomic E-state index is -3.53. The highest BCUT2D eigenvalue weighted by molar-refractivity contribution is 7.92. The van der Waals surface area contributed by atoms with E-state index in [9.17, 15) is 13.2 Å². The summed E-state index contributed by atoms with van der Waals surface area (Å²) in [5, 5.41) is 4.19. The zero-order valence-corrected chi connectivity index (χ0v) is 24.0. The van der Waals surface area contributed by atoms with Crippen LogP contribution in [0.4, 0.5) is 5.69 Å². The molecule has 0 aliphatic heterocycles. The molecule has 0 saturated carbocycles. The van der Waals surface area contributed by atoms with Gasteiger partial charge in [0.1, 0.15) is 0 Å². The van der Waals surface area contributed by atoms with E-state index in [0.29, 0.717) is 11.3 Å². The lowest BCUT2D eigenvalue weighted by Gasteiger charge is -2.23. The van der Waals surface area contributed by atoms with Crippen LogP contribution in [-0.4, -0.2) is 31.4 Å². The van der Waals surface area contributed by atoms with Crippen molar-refractivity contribution < 1.29 is 13.2 Å². The van der Waals surface area contributed by atoms with Crippen LogP contribution in [0.15, 0.2) is 77.9 Å². The lowest BCUT2D eigenvalue weighted by atomic mass is 10.1. The van der Waals surface area contributed by atoms with Crippen molar-refractivity contribution >= 4 is 27.8 Å². The summed E-state index contributed by atoms with van der Waals surface area (Å²) < 4.78 is 28.6. The standard InChI is InChI=1S/C31H34N4O3S/c1-21-11-12-23(3)30(17-21)35-24(4)18-28(25(35)5)19-32-33-31(36)26-13-15-29(16-14-26)34(39(6,37)38)20-27-10-8-7-9-22(27)2/h7-19H,20H2,1-6H3,(H,33,36)/b32-19-.